The zero-order valence-electron chi connectivity index (χ0n) is 10.4. The van der Waals surface area contributed by atoms with Crippen LogP contribution in [-0.4, -0.2) is 9.49 Å². The summed E-state index contributed by atoms with van der Waals surface area (Å²) in [5.74, 6) is 0. The summed E-state index contributed by atoms with van der Waals surface area (Å²) in [6.45, 7) is 0.188. The molecule has 0 saturated carbocycles. The quantitative estimate of drug-likeness (QED) is 0.666. The van der Waals surface area contributed by atoms with Crippen LogP contribution in [0.4, 0.5) is 5.69 Å². The van der Waals surface area contributed by atoms with Crippen molar-refractivity contribution in [2.24, 2.45) is 12.8 Å². The first kappa shape index (κ1) is 13.0. The van der Waals surface area contributed by atoms with Gasteiger partial charge in [-0.1, -0.05) is 6.07 Å². The number of nitrogens with two attached hydrogens (primary N) is 1. The van der Waals surface area contributed by atoms with Crippen LogP contribution in [0.1, 0.15) is 5.56 Å². The van der Waals surface area contributed by atoms with Gasteiger partial charge >= 0.3 is 0 Å². The van der Waals surface area contributed by atoms with Crippen molar-refractivity contribution in [2.75, 3.05) is 0 Å². The lowest BCUT2D eigenvalue weighted by Gasteiger charge is -2.09. The van der Waals surface area contributed by atoms with Crippen LogP contribution >= 0.6 is 0 Å². The van der Waals surface area contributed by atoms with Crippen LogP contribution < -0.4 is 11.3 Å². The van der Waals surface area contributed by atoms with Crippen molar-refractivity contribution in [2.45, 2.75) is 6.54 Å². The highest BCUT2D eigenvalue weighted by Crippen LogP contribution is 2.21. The Labute approximate surface area is 109 Å². The summed E-state index contributed by atoms with van der Waals surface area (Å²) in [6, 6.07) is 9.53. The molecule has 2 N–H and O–H groups in total. The first-order valence-electron chi connectivity index (χ1n) is 5.68. The van der Waals surface area contributed by atoms with Crippen LogP contribution in [0.15, 0.2) is 41.2 Å². The third-order valence-corrected chi connectivity index (χ3v) is 2.98. The summed E-state index contributed by atoms with van der Waals surface area (Å²) in [5, 5.41) is 10.6. The van der Waals surface area contributed by atoms with E-state index in [-0.39, 0.29) is 17.8 Å². The fourth-order valence-corrected chi connectivity index (χ4v) is 1.89. The molecule has 0 aliphatic rings. The topological polar surface area (TPSA) is 91.2 Å². The molecular weight excluding hydrogens is 246 g/mol. The van der Waals surface area contributed by atoms with Crippen molar-refractivity contribution < 1.29 is 4.92 Å². The van der Waals surface area contributed by atoms with E-state index in [0.29, 0.717) is 11.3 Å². The summed E-state index contributed by atoms with van der Waals surface area (Å²) < 4.78 is 1.49. The third kappa shape index (κ3) is 2.38. The Kier molecular flexibility index (Phi) is 3.43. The minimum Gasteiger partial charge on any atom is -0.326 e. The zero-order valence-corrected chi connectivity index (χ0v) is 10.4. The number of hydrogen-bond donors (Lipinski definition) is 1. The molecule has 1 aromatic heterocycles. The van der Waals surface area contributed by atoms with E-state index in [4.69, 9.17) is 5.73 Å². The Hall–Kier alpha value is -2.47. The summed E-state index contributed by atoms with van der Waals surface area (Å²) >= 11 is 0. The van der Waals surface area contributed by atoms with Gasteiger partial charge in [0.05, 0.1) is 10.6 Å². The van der Waals surface area contributed by atoms with Crippen molar-refractivity contribution in [3.63, 3.8) is 0 Å². The number of non-ortho nitro benzene ring substituents is 1. The minimum absolute atomic E-state index is 0.0207. The Balaban J connectivity index is 2.50. The van der Waals surface area contributed by atoms with Gasteiger partial charge in [0.2, 0.25) is 0 Å². The molecule has 0 spiro atoms. The fraction of sp³-hybridized carbons (Fsp3) is 0.154. The number of pyridine rings is 1. The van der Waals surface area contributed by atoms with Gasteiger partial charge in [0, 0.05) is 31.3 Å². The highest BCUT2D eigenvalue weighted by atomic mass is 16.6. The van der Waals surface area contributed by atoms with E-state index in [0.717, 1.165) is 5.56 Å². The van der Waals surface area contributed by atoms with E-state index in [1.165, 1.54) is 16.7 Å². The third-order valence-electron chi connectivity index (χ3n) is 2.98. The molecule has 2 aromatic rings. The van der Waals surface area contributed by atoms with Crippen LogP contribution in [0, 0.1) is 10.1 Å². The second-order valence-electron chi connectivity index (χ2n) is 4.12. The lowest BCUT2D eigenvalue weighted by molar-refractivity contribution is -0.384. The minimum atomic E-state index is -0.458. The molecule has 1 heterocycles. The molecule has 19 heavy (non-hydrogen) atoms. The van der Waals surface area contributed by atoms with Crippen LogP contribution in [0.5, 0.6) is 0 Å². The number of benzene rings is 1. The van der Waals surface area contributed by atoms with Gasteiger partial charge in [-0.05, 0) is 23.8 Å². The van der Waals surface area contributed by atoms with E-state index in [1.807, 2.05) is 0 Å². The second-order valence-corrected chi connectivity index (χ2v) is 4.12. The molecule has 0 aliphatic heterocycles. The molecule has 0 saturated heterocycles. The predicted molar refractivity (Wildman–Crippen MR) is 71.7 cm³/mol. The molecule has 0 unspecified atom stereocenters. The van der Waals surface area contributed by atoms with Crippen molar-refractivity contribution in [3.8, 4) is 11.3 Å². The van der Waals surface area contributed by atoms with E-state index in [1.54, 1.807) is 31.3 Å². The molecule has 0 fully saturated rings. The van der Waals surface area contributed by atoms with E-state index < -0.39 is 4.92 Å². The Bertz CT molecular complexity index is 675. The van der Waals surface area contributed by atoms with Crippen LogP contribution in [0.2, 0.25) is 0 Å². The molecule has 1 aromatic carbocycles. The summed E-state index contributed by atoms with van der Waals surface area (Å²) in [7, 11) is 1.65. The fourth-order valence-electron chi connectivity index (χ4n) is 1.89. The maximum absolute atomic E-state index is 11.9. The van der Waals surface area contributed by atoms with Crippen LogP contribution in [-0.2, 0) is 13.6 Å². The van der Waals surface area contributed by atoms with E-state index >= 15 is 0 Å². The molecular formula is C13H13N3O3. The molecule has 0 amide bonds. The van der Waals surface area contributed by atoms with Crippen molar-refractivity contribution in [1.82, 2.24) is 4.57 Å². The molecule has 98 valence electrons. The molecule has 0 radical (unpaired) electrons. The molecule has 6 heteroatoms. The van der Waals surface area contributed by atoms with Crippen LogP contribution in [0.3, 0.4) is 0 Å². The van der Waals surface area contributed by atoms with Crippen molar-refractivity contribution in [1.29, 1.82) is 0 Å². The highest BCUT2D eigenvalue weighted by molar-refractivity contribution is 5.61. The smallest absolute Gasteiger partial charge is 0.269 e. The van der Waals surface area contributed by atoms with Gasteiger partial charge in [-0.15, -0.1) is 0 Å². The lowest BCUT2D eigenvalue weighted by atomic mass is 10.1. The first-order valence-corrected chi connectivity index (χ1v) is 5.68. The van der Waals surface area contributed by atoms with Gasteiger partial charge in [0.15, 0.2) is 0 Å². The Morgan fingerprint density at radius 3 is 2.37 bits per heavy atom. The van der Waals surface area contributed by atoms with Crippen molar-refractivity contribution >= 4 is 5.69 Å². The molecule has 0 aliphatic carbocycles. The van der Waals surface area contributed by atoms with Crippen LogP contribution in [0.25, 0.3) is 11.3 Å². The number of rotatable bonds is 3. The molecule has 2 rings (SSSR count). The van der Waals surface area contributed by atoms with Crippen molar-refractivity contribution in [3.05, 3.63) is 62.4 Å². The number of aromatic nitrogens is 1. The monoisotopic (exact) mass is 259 g/mol. The van der Waals surface area contributed by atoms with Gasteiger partial charge in [-0.2, -0.15) is 0 Å². The number of nitro groups is 1. The Morgan fingerprint density at radius 2 is 1.84 bits per heavy atom. The largest absolute Gasteiger partial charge is 0.326 e. The first-order chi connectivity index (χ1) is 9.04. The number of nitrogens with zero attached hydrogens (tertiary/aromatic N) is 2. The SMILES string of the molecule is Cn1c(-c2ccc([N+](=O)[O-])cc2)ccc(CN)c1=O. The average Bonchev–Trinajstić information content (AvgIpc) is 2.42. The van der Waals surface area contributed by atoms with Gasteiger partial charge in [0.25, 0.3) is 11.2 Å². The highest BCUT2D eigenvalue weighted by Gasteiger charge is 2.09. The maximum atomic E-state index is 11.9. The molecule has 0 atom stereocenters. The van der Waals surface area contributed by atoms with Gasteiger partial charge in [0.1, 0.15) is 0 Å². The van der Waals surface area contributed by atoms with E-state index in [2.05, 4.69) is 0 Å². The maximum Gasteiger partial charge on any atom is 0.269 e. The van der Waals surface area contributed by atoms with E-state index in [9.17, 15) is 14.9 Å². The average molecular weight is 259 g/mol. The summed E-state index contributed by atoms with van der Waals surface area (Å²) in [4.78, 5) is 22.1. The van der Waals surface area contributed by atoms with Gasteiger partial charge in [-0.3, -0.25) is 14.9 Å². The number of hydrogen-bond acceptors (Lipinski definition) is 4. The zero-order chi connectivity index (χ0) is 14.0. The normalized spacial score (nSPS) is 10.4. The Morgan fingerprint density at radius 1 is 1.21 bits per heavy atom. The second kappa shape index (κ2) is 5.03. The van der Waals surface area contributed by atoms with Gasteiger partial charge < -0.3 is 10.3 Å². The van der Waals surface area contributed by atoms with Gasteiger partial charge in [-0.25, -0.2) is 0 Å². The summed E-state index contributed by atoms with van der Waals surface area (Å²) in [6.07, 6.45) is 0. The standard InChI is InChI=1S/C13H13N3O3/c1-15-12(7-4-10(8-14)13(15)17)9-2-5-11(6-3-9)16(18)19/h2-7H,8,14H2,1H3. The molecule has 6 nitrogen and oxygen atoms in total. The number of nitro benzene ring substituents is 1. The summed E-state index contributed by atoms with van der Waals surface area (Å²) in [5.41, 5.74) is 7.31. The lowest BCUT2D eigenvalue weighted by Crippen LogP contribution is -2.23. The predicted octanol–water partition coefficient (Wildman–Crippen LogP) is 1.42. The molecule has 0 bridgehead atoms.